The number of hydrogen-bond acceptors (Lipinski definition) is 1. The van der Waals surface area contributed by atoms with Crippen molar-refractivity contribution in [1.29, 1.82) is 0 Å². The van der Waals surface area contributed by atoms with Gasteiger partial charge in [0, 0.05) is 12.0 Å². The van der Waals surface area contributed by atoms with Crippen LogP contribution >= 0.6 is 11.6 Å². The van der Waals surface area contributed by atoms with Crippen LogP contribution in [0.5, 0.6) is 0 Å². The Morgan fingerprint density at radius 3 is 2.50 bits per heavy atom. The van der Waals surface area contributed by atoms with Crippen molar-refractivity contribution in [3.63, 3.8) is 0 Å². The van der Waals surface area contributed by atoms with E-state index in [4.69, 9.17) is 16.3 Å². The van der Waals surface area contributed by atoms with E-state index in [1.165, 1.54) is 12.8 Å². The van der Waals surface area contributed by atoms with Crippen LogP contribution in [0.2, 0.25) is 0 Å². The molecule has 0 bridgehead atoms. The lowest BCUT2D eigenvalue weighted by Gasteiger charge is -2.55. The smallest absolute Gasteiger partial charge is 0.0706 e. The summed E-state index contributed by atoms with van der Waals surface area (Å²) in [6.45, 7) is 5.48. The number of ether oxygens (including phenoxy) is 1. The van der Waals surface area contributed by atoms with E-state index < -0.39 is 0 Å². The molecule has 0 N–H and O–H groups in total. The van der Waals surface area contributed by atoms with Crippen LogP contribution < -0.4 is 0 Å². The lowest BCUT2D eigenvalue weighted by molar-refractivity contribution is -0.178. The summed E-state index contributed by atoms with van der Waals surface area (Å²) in [7, 11) is 0. The molecule has 1 atom stereocenters. The van der Waals surface area contributed by atoms with Crippen molar-refractivity contribution in [3.8, 4) is 0 Å². The Morgan fingerprint density at radius 2 is 2.00 bits per heavy atom. The zero-order chi connectivity index (χ0) is 8.82. The van der Waals surface area contributed by atoms with Gasteiger partial charge in [-0.2, -0.15) is 0 Å². The topological polar surface area (TPSA) is 9.23 Å². The Kier molecular flexibility index (Phi) is 1.93. The van der Waals surface area contributed by atoms with Crippen molar-refractivity contribution in [1.82, 2.24) is 0 Å². The minimum absolute atomic E-state index is 0.175. The van der Waals surface area contributed by atoms with E-state index in [0.717, 1.165) is 19.4 Å². The van der Waals surface area contributed by atoms with Gasteiger partial charge in [0.15, 0.2) is 0 Å². The summed E-state index contributed by atoms with van der Waals surface area (Å²) in [5.74, 6) is 0. The molecular formula is C10H17ClO. The second-order valence-electron chi connectivity index (χ2n) is 5.14. The Bertz CT molecular complexity index is 175. The molecule has 1 nitrogen and oxygen atoms in total. The van der Waals surface area contributed by atoms with Gasteiger partial charge in [-0.15, -0.1) is 11.6 Å². The van der Waals surface area contributed by atoms with Gasteiger partial charge in [0.25, 0.3) is 0 Å². The van der Waals surface area contributed by atoms with Crippen LogP contribution in [-0.2, 0) is 4.74 Å². The van der Waals surface area contributed by atoms with E-state index in [1.54, 1.807) is 0 Å². The first-order valence-corrected chi connectivity index (χ1v) is 5.23. The third-order valence-electron chi connectivity index (χ3n) is 3.03. The Labute approximate surface area is 79.4 Å². The van der Waals surface area contributed by atoms with Crippen LogP contribution in [0.25, 0.3) is 0 Å². The third kappa shape index (κ3) is 1.49. The normalized spacial score (nSPS) is 37.8. The van der Waals surface area contributed by atoms with E-state index >= 15 is 0 Å². The molecular weight excluding hydrogens is 172 g/mol. The summed E-state index contributed by atoms with van der Waals surface area (Å²) in [5, 5.41) is 0.356. The average Bonchev–Trinajstić information content (AvgIpc) is 1.81. The van der Waals surface area contributed by atoms with Gasteiger partial charge in [0.2, 0.25) is 0 Å². The molecule has 1 unspecified atom stereocenters. The molecule has 0 amide bonds. The Hall–Kier alpha value is 0.250. The summed E-state index contributed by atoms with van der Waals surface area (Å²) in [6, 6.07) is 0. The maximum absolute atomic E-state index is 6.13. The monoisotopic (exact) mass is 188 g/mol. The molecule has 2 rings (SSSR count). The second-order valence-corrected chi connectivity index (χ2v) is 5.76. The van der Waals surface area contributed by atoms with Crippen LogP contribution in [0.15, 0.2) is 0 Å². The summed E-state index contributed by atoms with van der Waals surface area (Å²) in [5.41, 5.74) is 0.669. The molecule has 1 saturated carbocycles. The van der Waals surface area contributed by atoms with Crippen molar-refractivity contribution in [2.45, 2.75) is 50.5 Å². The molecule has 0 radical (unpaired) electrons. The van der Waals surface area contributed by atoms with Gasteiger partial charge in [-0.25, -0.2) is 0 Å². The van der Waals surface area contributed by atoms with Crippen LogP contribution in [-0.4, -0.2) is 17.6 Å². The zero-order valence-electron chi connectivity index (χ0n) is 7.90. The van der Waals surface area contributed by atoms with E-state index in [9.17, 15) is 0 Å². The van der Waals surface area contributed by atoms with E-state index in [1.807, 2.05) is 0 Å². The first-order chi connectivity index (χ1) is 5.52. The fraction of sp³-hybridized carbons (Fsp3) is 1.00. The Balaban J connectivity index is 1.96. The van der Waals surface area contributed by atoms with Crippen LogP contribution in [0.1, 0.15) is 39.5 Å². The largest absolute Gasteiger partial charge is 0.375 e. The third-order valence-corrected chi connectivity index (χ3v) is 3.41. The second kappa shape index (κ2) is 2.62. The molecule has 1 aliphatic carbocycles. The maximum atomic E-state index is 6.13. The van der Waals surface area contributed by atoms with Crippen LogP contribution in [0.4, 0.5) is 0 Å². The standard InChI is InChI=1S/C10H17ClO/c1-9(2)6-10(7-9)5-8(11)3-4-12-10/h8H,3-7H2,1-2H3. The van der Waals surface area contributed by atoms with Gasteiger partial charge in [-0.3, -0.25) is 0 Å². The fourth-order valence-corrected chi connectivity index (χ4v) is 3.28. The molecule has 0 aromatic rings. The first-order valence-electron chi connectivity index (χ1n) is 4.80. The minimum atomic E-state index is 0.175. The highest BCUT2D eigenvalue weighted by Gasteiger charge is 2.52. The lowest BCUT2D eigenvalue weighted by atomic mass is 9.59. The molecule has 1 spiro atoms. The predicted molar refractivity (Wildman–Crippen MR) is 50.6 cm³/mol. The molecule has 12 heavy (non-hydrogen) atoms. The van der Waals surface area contributed by atoms with Gasteiger partial charge < -0.3 is 4.74 Å². The summed E-state index contributed by atoms with van der Waals surface area (Å²) >= 11 is 6.13. The first kappa shape index (κ1) is 8.83. The highest BCUT2D eigenvalue weighted by atomic mass is 35.5. The van der Waals surface area contributed by atoms with E-state index in [2.05, 4.69) is 13.8 Å². The van der Waals surface area contributed by atoms with E-state index in [0.29, 0.717) is 10.8 Å². The molecule has 70 valence electrons. The molecule has 1 aliphatic heterocycles. The van der Waals surface area contributed by atoms with Crippen molar-refractivity contribution in [2.75, 3.05) is 6.61 Å². The summed E-state index contributed by atoms with van der Waals surface area (Å²) in [6.07, 6.45) is 4.49. The maximum Gasteiger partial charge on any atom is 0.0706 e. The van der Waals surface area contributed by atoms with Crippen LogP contribution in [0, 0.1) is 5.41 Å². The van der Waals surface area contributed by atoms with E-state index in [-0.39, 0.29) is 5.60 Å². The summed E-state index contributed by atoms with van der Waals surface area (Å²) in [4.78, 5) is 0. The molecule has 0 aromatic heterocycles. The molecule has 2 aliphatic rings. The SMILES string of the molecule is CC1(C)CC2(CC(Cl)CCO2)C1. The summed E-state index contributed by atoms with van der Waals surface area (Å²) < 4.78 is 5.82. The molecule has 2 heteroatoms. The van der Waals surface area contributed by atoms with Crippen molar-refractivity contribution < 1.29 is 4.74 Å². The number of rotatable bonds is 0. The van der Waals surface area contributed by atoms with Gasteiger partial charge in [-0.05, 0) is 31.1 Å². The predicted octanol–water partition coefficient (Wildman–Crippen LogP) is 2.96. The van der Waals surface area contributed by atoms with Crippen molar-refractivity contribution in [2.24, 2.45) is 5.41 Å². The highest BCUT2D eigenvalue weighted by Crippen LogP contribution is 2.54. The quantitative estimate of drug-likeness (QED) is 0.532. The number of alkyl halides is 1. The fourth-order valence-electron chi connectivity index (χ4n) is 2.91. The van der Waals surface area contributed by atoms with Gasteiger partial charge in [0.05, 0.1) is 5.60 Å². The minimum Gasteiger partial charge on any atom is -0.375 e. The lowest BCUT2D eigenvalue weighted by Crippen LogP contribution is -2.54. The molecule has 1 heterocycles. The molecule has 1 saturated heterocycles. The van der Waals surface area contributed by atoms with Crippen LogP contribution in [0.3, 0.4) is 0 Å². The highest BCUT2D eigenvalue weighted by molar-refractivity contribution is 6.20. The van der Waals surface area contributed by atoms with Crippen molar-refractivity contribution >= 4 is 11.6 Å². The van der Waals surface area contributed by atoms with Gasteiger partial charge in [0.1, 0.15) is 0 Å². The van der Waals surface area contributed by atoms with Gasteiger partial charge >= 0.3 is 0 Å². The van der Waals surface area contributed by atoms with Gasteiger partial charge in [-0.1, -0.05) is 13.8 Å². The van der Waals surface area contributed by atoms with Crippen molar-refractivity contribution in [3.05, 3.63) is 0 Å². The average molecular weight is 189 g/mol. The zero-order valence-corrected chi connectivity index (χ0v) is 8.66. The molecule has 2 fully saturated rings. The number of hydrogen-bond donors (Lipinski definition) is 0. The molecule has 0 aromatic carbocycles. The number of halogens is 1. The Morgan fingerprint density at radius 1 is 1.33 bits per heavy atom.